The topological polar surface area (TPSA) is 126 Å². The molecule has 0 aliphatic rings. The van der Waals surface area contributed by atoms with Crippen LogP contribution < -0.4 is 16.4 Å². The third-order valence-electron chi connectivity index (χ3n) is 5.31. The maximum atomic E-state index is 13.7. The van der Waals surface area contributed by atoms with Gasteiger partial charge in [0.05, 0.1) is 0 Å². The molecule has 5 N–H and O–H groups in total. The van der Waals surface area contributed by atoms with Gasteiger partial charge >= 0.3 is 0 Å². The van der Waals surface area contributed by atoms with Crippen molar-refractivity contribution in [1.82, 2.24) is 25.8 Å². The first-order valence-electron chi connectivity index (χ1n) is 10.5. The van der Waals surface area contributed by atoms with Gasteiger partial charge in [0.25, 0.3) is 5.91 Å². The fraction of sp³-hybridized carbons (Fsp3) is 0.167. The lowest BCUT2D eigenvalue weighted by atomic mass is 10.0. The van der Waals surface area contributed by atoms with Gasteiger partial charge in [0, 0.05) is 30.2 Å². The molecule has 34 heavy (non-hydrogen) atoms. The molecule has 0 aliphatic carbocycles. The molecule has 0 bridgehead atoms. The number of anilines is 1. The first-order chi connectivity index (χ1) is 16.3. The molecule has 2 heterocycles. The van der Waals surface area contributed by atoms with Gasteiger partial charge in [-0.05, 0) is 53.8 Å². The summed E-state index contributed by atoms with van der Waals surface area (Å²) in [6, 6.07) is 11.2. The zero-order valence-electron chi connectivity index (χ0n) is 18.2. The Labute approximate surface area is 193 Å². The van der Waals surface area contributed by atoms with Gasteiger partial charge in [0.1, 0.15) is 17.6 Å². The van der Waals surface area contributed by atoms with Crippen LogP contribution in [0.25, 0.3) is 10.8 Å². The predicted octanol–water partition coefficient (Wildman–Crippen LogP) is 2.78. The number of nitrogen functional groups attached to an aromatic ring is 1. The quantitative estimate of drug-likeness (QED) is 0.335. The Bertz CT molecular complexity index is 1370. The monoisotopic (exact) mass is 464 g/mol. The van der Waals surface area contributed by atoms with E-state index < -0.39 is 29.5 Å². The van der Waals surface area contributed by atoms with Crippen molar-refractivity contribution in [2.75, 3.05) is 5.73 Å². The second kappa shape index (κ2) is 9.65. The molecule has 8 nitrogen and oxygen atoms in total. The number of aryl methyl sites for hydroxylation is 1. The first-order valence-corrected chi connectivity index (χ1v) is 10.5. The van der Waals surface area contributed by atoms with E-state index in [0.29, 0.717) is 17.1 Å². The predicted molar refractivity (Wildman–Crippen MR) is 123 cm³/mol. The molecule has 0 unspecified atom stereocenters. The lowest BCUT2D eigenvalue weighted by Crippen LogP contribution is -2.48. The number of H-pyrrole nitrogens is 1. The van der Waals surface area contributed by atoms with Gasteiger partial charge in [-0.3, -0.25) is 14.7 Å². The minimum atomic E-state index is -1.05. The Morgan fingerprint density at radius 1 is 1.06 bits per heavy atom. The molecule has 0 radical (unpaired) electrons. The van der Waals surface area contributed by atoms with Gasteiger partial charge < -0.3 is 16.4 Å². The number of benzene rings is 2. The highest BCUT2D eigenvalue weighted by atomic mass is 19.2. The van der Waals surface area contributed by atoms with Crippen LogP contribution in [-0.4, -0.2) is 33.0 Å². The molecule has 10 heteroatoms. The Balaban J connectivity index is 1.51. The number of nitrogens with one attached hydrogen (secondary N) is 3. The highest BCUT2D eigenvalue weighted by Gasteiger charge is 2.23. The van der Waals surface area contributed by atoms with Crippen LogP contribution in [0.5, 0.6) is 0 Å². The van der Waals surface area contributed by atoms with E-state index in [4.69, 9.17) is 5.73 Å². The number of carbonyl (C=O) groups is 2. The SMILES string of the molecule is Cc1cc(C(=O)N[C@@H](Cc2ccc(F)c(F)c2)C(=O)NCc2ccc3c(N)nccc3c2)n[nH]1. The highest BCUT2D eigenvalue weighted by molar-refractivity contribution is 5.96. The van der Waals surface area contributed by atoms with Crippen LogP contribution >= 0.6 is 0 Å². The van der Waals surface area contributed by atoms with Gasteiger partial charge in [0.2, 0.25) is 5.91 Å². The number of amides is 2. The first kappa shape index (κ1) is 22.8. The summed E-state index contributed by atoms with van der Waals surface area (Å²) < 4.78 is 27.0. The van der Waals surface area contributed by atoms with E-state index in [1.54, 1.807) is 13.1 Å². The van der Waals surface area contributed by atoms with Crippen LogP contribution in [0.1, 0.15) is 27.3 Å². The van der Waals surface area contributed by atoms with Crippen molar-refractivity contribution in [3.8, 4) is 0 Å². The highest BCUT2D eigenvalue weighted by Crippen LogP contribution is 2.20. The molecule has 0 saturated carbocycles. The maximum absolute atomic E-state index is 13.7. The molecule has 4 aromatic rings. The Morgan fingerprint density at radius 2 is 1.85 bits per heavy atom. The van der Waals surface area contributed by atoms with Gasteiger partial charge in [-0.15, -0.1) is 0 Å². The molecule has 4 rings (SSSR count). The summed E-state index contributed by atoms with van der Waals surface area (Å²) in [5, 5.41) is 13.7. The standard InChI is InChI=1S/C24H22F2N6O2/c1-13-8-21(32-31-13)24(34)30-20(11-14-3-5-18(25)19(26)10-14)23(33)29-12-15-2-4-17-16(9-15)6-7-28-22(17)27/h2-10,20H,11-12H2,1H3,(H2,27,28)(H,29,33)(H,30,34)(H,31,32)/t20-/m0/s1. The van der Waals surface area contributed by atoms with Gasteiger partial charge in [-0.1, -0.05) is 18.2 Å². The third kappa shape index (κ3) is 5.17. The van der Waals surface area contributed by atoms with Crippen molar-refractivity contribution in [2.24, 2.45) is 0 Å². The van der Waals surface area contributed by atoms with Crippen molar-refractivity contribution in [2.45, 2.75) is 25.9 Å². The normalized spacial score (nSPS) is 11.9. The smallest absolute Gasteiger partial charge is 0.272 e. The molecule has 2 aromatic carbocycles. The average Bonchev–Trinajstić information content (AvgIpc) is 3.26. The number of carbonyl (C=O) groups excluding carboxylic acids is 2. The number of pyridine rings is 1. The van der Waals surface area contributed by atoms with Crippen molar-refractivity contribution in [3.05, 3.63) is 88.9 Å². The fourth-order valence-electron chi connectivity index (χ4n) is 3.55. The Hall–Kier alpha value is -4.34. The van der Waals surface area contributed by atoms with E-state index in [-0.39, 0.29) is 18.7 Å². The molecular formula is C24H22F2N6O2. The number of halogens is 2. The molecule has 0 spiro atoms. The summed E-state index contributed by atoms with van der Waals surface area (Å²) >= 11 is 0. The van der Waals surface area contributed by atoms with Crippen LogP contribution in [-0.2, 0) is 17.8 Å². The molecule has 2 amide bonds. The lowest BCUT2D eigenvalue weighted by Gasteiger charge is -2.18. The number of fused-ring (bicyclic) bond motifs is 1. The zero-order chi connectivity index (χ0) is 24.2. The van der Waals surface area contributed by atoms with Crippen LogP contribution in [0.4, 0.5) is 14.6 Å². The summed E-state index contributed by atoms with van der Waals surface area (Å²) in [7, 11) is 0. The van der Waals surface area contributed by atoms with Gasteiger partial charge in [-0.25, -0.2) is 13.8 Å². The largest absolute Gasteiger partial charge is 0.383 e. The molecule has 2 aromatic heterocycles. The number of rotatable bonds is 7. The summed E-state index contributed by atoms with van der Waals surface area (Å²) in [6.45, 7) is 1.92. The number of hydrogen-bond acceptors (Lipinski definition) is 5. The summed E-state index contributed by atoms with van der Waals surface area (Å²) in [5.41, 5.74) is 7.84. The number of nitrogens with zero attached hydrogens (tertiary/aromatic N) is 2. The minimum absolute atomic E-state index is 0.0435. The third-order valence-corrected chi connectivity index (χ3v) is 5.31. The van der Waals surface area contributed by atoms with Crippen LogP contribution in [0.3, 0.4) is 0 Å². The van der Waals surface area contributed by atoms with Crippen molar-refractivity contribution >= 4 is 28.4 Å². The number of hydrogen-bond donors (Lipinski definition) is 4. The van der Waals surface area contributed by atoms with E-state index in [2.05, 4.69) is 25.8 Å². The van der Waals surface area contributed by atoms with Gasteiger partial charge in [-0.2, -0.15) is 5.10 Å². The second-order valence-corrected chi connectivity index (χ2v) is 7.88. The number of nitrogens with two attached hydrogens (primary N) is 1. The summed E-state index contributed by atoms with van der Waals surface area (Å²) in [5.74, 6) is -2.67. The summed E-state index contributed by atoms with van der Waals surface area (Å²) in [6.07, 6.45) is 1.56. The average molecular weight is 464 g/mol. The van der Waals surface area contributed by atoms with Crippen molar-refractivity contribution in [3.63, 3.8) is 0 Å². The number of aromatic nitrogens is 3. The molecular weight excluding hydrogens is 442 g/mol. The molecule has 174 valence electrons. The zero-order valence-corrected chi connectivity index (χ0v) is 18.2. The molecule has 1 atom stereocenters. The van der Waals surface area contributed by atoms with E-state index in [1.165, 1.54) is 12.1 Å². The van der Waals surface area contributed by atoms with E-state index in [9.17, 15) is 18.4 Å². The molecule has 0 saturated heterocycles. The number of aromatic amines is 1. The van der Waals surface area contributed by atoms with Crippen molar-refractivity contribution in [1.29, 1.82) is 0 Å². The maximum Gasteiger partial charge on any atom is 0.272 e. The van der Waals surface area contributed by atoms with Gasteiger partial charge in [0.15, 0.2) is 11.6 Å². The van der Waals surface area contributed by atoms with E-state index >= 15 is 0 Å². The van der Waals surface area contributed by atoms with Crippen LogP contribution in [0.15, 0.2) is 54.7 Å². The second-order valence-electron chi connectivity index (χ2n) is 7.88. The Kier molecular flexibility index (Phi) is 6.48. The Morgan fingerprint density at radius 3 is 2.59 bits per heavy atom. The van der Waals surface area contributed by atoms with Crippen LogP contribution in [0.2, 0.25) is 0 Å². The lowest BCUT2D eigenvalue weighted by molar-refractivity contribution is -0.123. The van der Waals surface area contributed by atoms with E-state index in [1.807, 2.05) is 24.3 Å². The minimum Gasteiger partial charge on any atom is -0.383 e. The van der Waals surface area contributed by atoms with Crippen molar-refractivity contribution < 1.29 is 18.4 Å². The van der Waals surface area contributed by atoms with Crippen LogP contribution in [0, 0.1) is 18.6 Å². The fourth-order valence-corrected chi connectivity index (χ4v) is 3.55. The summed E-state index contributed by atoms with van der Waals surface area (Å²) in [4.78, 5) is 29.7. The van der Waals surface area contributed by atoms with E-state index in [0.717, 1.165) is 28.5 Å². The molecule has 0 fully saturated rings. The molecule has 0 aliphatic heterocycles.